The van der Waals surface area contributed by atoms with Crippen LogP contribution in [0.2, 0.25) is 0 Å². The predicted octanol–water partition coefficient (Wildman–Crippen LogP) is 4.52. The van der Waals surface area contributed by atoms with E-state index >= 15 is 0 Å². The summed E-state index contributed by atoms with van der Waals surface area (Å²) in [5.74, 6) is 0.747. The molecule has 0 fully saturated rings. The Morgan fingerprint density at radius 3 is 2.62 bits per heavy atom. The first kappa shape index (κ1) is 28.1. The number of nitrogens with zero attached hydrogens (tertiary/aromatic N) is 5. The molecule has 0 aliphatic rings. The number of alkyl halides is 3. The summed E-state index contributed by atoms with van der Waals surface area (Å²) in [5.41, 5.74) is 0.835. The number of urea groups is 1. The summed E-state index contributed by atoms with van der Waals surface area (Å²) in [5, 5.41) is 16.0. The first-order valence-corrected chi connectivity index (χ1v) is 12.6. The average Bonchev–Trinajstić information content (AvgIpc) is 3.53. The minimum absolute atomic E-state index is 0.0165. The van der Waals surface area contributed by atoms with Crippen LogP contribution >= 0.6 is 11.3 Å². The van der Waals surface area contributed by atoms with Crippen LogP contribution in [-0.4, -0.2) is 58.0 Å². The fraction of sp³-hybridized carbons (Fsp3) is 0.333. The number of hydrogen-bond acceptors (Lipinski definition) is 10. The highest BCUT2D eigenvalue weighted by molar-refractivity contribution is 7.15. The molecule has 0 saturated heterocycles. The Morgan fingerprint density at radius 2 is 1.92 bits per heavy atom. The normalized spacial score (nSPS) is 11.5. The van der Waals surface area contributed by atoms with Gasteiger partial charge in [0.25, 0.3) is 0 Å². The lowest BCUT2D eigenvalue weighted by Gasteiger charge is -2.11. The third kappa shape index (κ3) is 6.93. The van der Waals surface area contributed by atoms with Crippen LogP contribution in [0.25, 0.3) is 33.2 Å². The number of methoxy groups -OCH3 is 1. The molecule has 0 bridgehead atoms. The lowest BCUT2D eigenvalue weighted by atomic mass is 10.0. The Hall–Kier alpha value is -3.95. The van der Waals surface area contributed by atoms with Gasteiger partial charge in [0.2, 0.25) is 11.8 Å². The highest BCUT2D eigenvalue weighted by Gasteiger charge is 2.37. The van der Waals surface area contributed by atoms with Gasteiger partial charge in [0.15, 0.2) is 5.69 Å². The van der Waals surface area contributed by atoms with Crippen LogP contribution in [-0.2, 0) is 17.5 Å². The Balaban J connectivity index is 1.81. The van der Waals surface area contributed by atoms with Crippen molar-refractivity contribution in [3.8, 4) is 33.2 Å². The first-order chi connectivity index (χ1) is 18.7. The van der Waals surface area contributed by atoms with Crippen molar-refractivity contribution in [2.75, 3.05) is 32.1 Å². The lowest BCUT2D eigenvalue weighted by Crippen LogP contribution is -2.28. The number of nitrogens with one attached hydrogen (secondary N) is 3. The maximum Gasteiger partial charge on any atom is 0.434 e. The summed E-state index contributed by atoms with van der Waals surface area (Å²) in [6.45, 7) is 4.45. The molecule has 2 amide bonds. The molecular weight excluding hydrogens is 537 g/mol. The SMILES string of the molecule is CCNC(=O)Nc1cc(-c2nc(C(F)(F)F)c(CNCCOC)s2)c(-c2cncc(-c3nnc(C)o3)c2)cn1. The molecule has 0 radical (unpaired) electrons. The minimum Gasteiger partial charge on any atom is -0.421 e. The number of halogens is 3. The fourth-order valence-electron chi connectivity index (χ4n) is 3.55. The molecule has 4 heterocycles. The molecule has 0 aliphatic carbocycles. The van der Waals surface area contributed by atoms with Gasteiger partial charge in [-0.05, 0) is 19.1 Å². The third-order valence-corrected chi connectivity index (χ3v) is 6.36. The Labute approximate surface area is 225 Å². The van der Waals surface area contributed by atoms with Gasteiger partial charge in [0.1, 0.15) is 10.8 Å². The summed E-state index contributed by atoms with van der Waals surface area (Å²) in [7, 11) is 1.51. The smallest absolute Gasteiger partial charge is 0.421 e. The molecule has 39 heavy (non-hydrogen) atoms. The molecule has 0 aromatic carbocycles. The summed E-state index contributed by atoms with van der Waals surface area (Å²) in [4.78, 5) is 24.6. The van der Waals surface area contributed by atoms with E-state index in [9.17, 15) is 18.0 Å². The second-order valence-electron chi connectivity index (χ2n) is 8.15. The third-order valence-electron chi connectivity index (χ3n) is 5.27. The number of carbonyl (C=O) groups excluding carboxylic acids is 1. The Kier molecular flexibility index (Phi) is 8.83. The highest BCUT2D eigenvalue weighted by Crippen LogP contribution is 2.41. The van der Waals surface area contributed by atoms with Crippen LogP contribution in [0.15, 0.2) is 35.1 Å². The maximum atomic E-state index is 13.9. The van der Waals surface area contributed by atoms with Crippen LogP contribution < -0.4 is 16.0 Å². The largest absolute Gasteiger partial charge is 0.434 e. The number of ether oxygens (including phenoxy) is 1. The molecule has 4 aromatic heterocycles. The van der Waals surface area contributed by atoms with E-state index in [1.165, 1.54) is 31.8 Å². The standard InChI is InChI=1S/C24H25F3N8O3S/c1-4-30-23(36)32-19-8-16(22-33-20(24(25,26)27)18(39-22)12-28-5-6-37-3)17(11-31-19)14-7-15(10-29-9-14)21-35-34-13(2)38-21/h7-11,28H,4-6,12H2,1-3H3,(H2,30,31,32,36). The van der Waals surface area contributed by atoms with E-state index in [0.29, 0.717) is 47.8 Å². The van der Waals surface area contributed by atoms with Gasteiger partial charge in [-0.3, -0.25) is 10.3 Å². The molecule has 0 saturated carbocycles. The average molecular weight is 563 g/mol. The molecule has 11 nitrogen and oxygen atoms in total. The predicted molar refractivity (Wildman–Crippen MR) is 138 cm³/mol. The summed E-state index contributed by atoms with van der Waals surface area (Å²) in [6.07, 6.45) is -0.152. The summed E-state index contributed by atoms with van der Waals surface area (Å²) >= 11 is 0.896. The van der Waals surface area contributed by atoms with Crippen molar-refractivity contribution in [1.82, 2.24) is 35.8 Å². The number of carbonyl (C=O) groups is 1. The number of thiazole rings is 1. The van der Waals surface area contributed by atoms with Crippen molar-refractivity contribution in [2.24, 2.45) is 0 Å². The van der Waals surface area contributed by atoms with E-state index in [-0.39, 0.29) is 28.1 Å². The topological polar surface area (TPSA) is 140 Å². The lowest BCUT2D eigenvalue weighted by molar-refractivity contribution is -0.141. The van der Waals surface area contributed by atoms with Crippen molar-refractivity contribution in [1.29, 1.82) is 0 Å². The number of aryl methyl sites for hydroxylation is 1. The zero-order valence-corrected chi connectivity index (χ0v) is 22.0. The van der Waals surface area contributed by atoms with E-state index in [0.717, 1.165) is 11.3 Å². The molecule has 0 spiro atoms. The molecule has 0 atom stereocenters. The highest BCUT2D eigenvalue weighted by atomic mass is 32.1. The molecule has 0 aliphatic heterocycles. The number of pyridine rings is 2. The van der Waals surface area contributed by atoms with Gasteiger partial charge in [-0.25, -0.2) is 14.8 Å². The van der Waals surface area contributed by atoms with Crippen molar-refractivity contribution < 1.29 is 27.1 Å². The fourth-order valence-corrected chi connectivity index (χ4v) is 4.64. The van der Waals surface area contributed by atoms with Crippen LogP contribution in [0.4, 0.5) is 23.8 Å². The minimum atomic E-state index is -4.67. The number of anilines is 1. The number of amides is 2. The molecular formula is C24H25F3N8O3S. The Morgan fingerprint density at radius 1 is 1.13 bits per heavy atom. The van der Waals surface area contributed by atoms with Gasteiger partial charge in [-0.1, -0.05) is 0 Å². The van der Waals surface area contributed by atoms with E-state index < -0.39 is 17.9 Å². The molecule has 4 rings (SSSR count). The van der Waals surface area contributed by atoms with Crippen LogP contribution in [0.3, 0.4) is 0 Å². The van der Waals surface area contributed by atoms with Gasteiger partial charge in [0.05, 0.1) is 17.0 Å². The molecule has 15 heteroatoms. The van der Waals surface area contributed by atoms with E-state index in [2.05, 4.69) is 41.1 Å². The first-order valence-electron chi connectivity index (χ1n) is 11.8. The zero-order valence-electron chi connectivity index (χ0n) is 21.2. The van der Waals surface area contributed by atoms with Crippen LogP contribution in [0, 0.1) is 6.92 Å². The van der Waals surface area contributed by atoms with Gasteiger partial charge >= 0.3 is 12.2 Å². The van der Waals surface area contributed by atoms with Gasteiger partial charge in [-0.2, -0.15) is 13.2 Å². The number of rotatable bonds is 10. The maximum absolute atomic E-state index is 13.9. The molecule has 3 N–H and O–H groups in total. The van der Waals surface area contributed by atoms with Gasteiger partial charge < -0.3 is 19.8 Å². The van der Waals surface area contributed by atoms with Crippen LogP contribution in [0.1, 0.15) is 23.4 Å². The zero-order chi connectivity index (χ0) is 28.0. The van der Waals surface area contributed by atoms with Gasteiger partial charge in [-0.15, -0.1) is 21.5 Å². The summed E-state index contributed by atoms with van der Waals surface area (Å²) in [6, 6.07) is 2.69. The quantitative estimate of drug-likeness (QED) is 0.238. The molecule has 4 aromatic rings. The van der Waals surface area contributed by atoms with Crippen LogP contribution in [0.5, 0.6) is 0 Å². The second kappa shape index (κ2) is 12.3. The number of hydrogen-bond donors (Lipinski definition) is 3. The van der Waals surface area contributed by atoms with E-state index in [4.69, 9.17) is 9.15 Å². The Bertz CT molecular complexity index is 1440. The van der Waals surface area contributed by atoms with Crippen molar-refractivity contribution in [2.45, 2.75) is 26.6 Å². The van der Waals surface area contributed by atoms with E-state index in [1.807, 2.05) is 0 Å². The summed E-state index contributed by atoms with van der Waals surface area (Å²) < 4.78 is 52.3. The van der Waals surface area contributed by atoms with Crippen molar-refractivity contribution in [3.63, 3.8) is 0 Å². The van der Waals surface area contributed by atoms with E-state index in [1.54, 1.807) is 19.9 Å². The number of aromatic nitrogens is 5. The molecule has 206 valence electrons. The van der Waals surface area contributed by atoms with Crippen molar-refractivity contribution >= 4 is 23.2 Å². The van der Waals surface area contributed by atoms with Gasteiger partial charge in [0, 0.05) is 68.9 Å². The second-order valence-corrected chi connectivity index (χ2v) is 9.23. The molecule has 0 unspecified atom stereocenters. The van der Waals surface area contributed by atoms with Crippen molar-refractivity contribution in [3.05, 3.63) is 47.2 Å². The monoisotopic (exact) mass is 562 g/mol.